The lowest BCUT2D eigenvalue weighted by molar-refractivity contribution is -0.144. The lowest BCUT2D eigenvalue weighted by Crippen LogP contribution is -2.55. The Balaban J connectivity index is 1.88. The number of piperazine rings is 1. The quantitative estimate of drug-likeness (QED) is 0.766. The minimum Gasteiger partial charge on any atom is -0.340 e. The molecule has 0 radical (unpaired) electrons. The van der Waals surface area contributed by atoms with Gasteiger partial charge in [0.15, 0.2) is 0 Å². The molecule has 1 aliphatic rings. The first-order valence-electron chi connectivity index (χ1n) is 9.94. The molecule has 2 amide bonds. The Bertz CT molecular complexity index is 654. The number of nitrogens with zero attached hydrogens (tertiary/aromatic N) is 2. The summed E-state index contributed by atoms with van der Waals surface area (Å²) in [5.41, 5.74) is 8.60. The second kappa shape index (κ2) is 9.33. The van der Waals surface area contributed by atoms with Crippen LogP contribution in [0.4, 0.5) is 5.69 Å². The zero-order valence-corrected chi connectivity index (χ0v) is 17.2. The second-order valence-corrected chi connectivity index (χ2v) is 7.56. The maximum Gasteiger partial charge on any atom is 0.238 e. The number of carbonyl (C=O) groups excluding carboxylic acids is 2. The van der Waals surface area contributed by atoms with E-state index in [4.69, 9.17) is 5.73 Å². The molecule has 0 atom stereocenters. The van der Waals surface area contributed by atoms with E-state index in [2.05, 4.69) is 10.2 Å². The van der Waals surface area contributed by atoms with Gasteiger partial charge in [0.25, 0.3) is 0 Å². The number of amides is 2. The predicted octanol–water partition coefficient (Wildman–Crippen LogP) is 2.15. The molecule has 1 aromatic rings. The van der Waals surface area contributed by atoms with Gasteiger partial charge in [-0.3, -0.25) is 14.5 Å². The molecule has 1 aliphatic heterocycles. The number of hydrogen-bond acceptors (Lipinski definition) is 4. The number of nitrogens with one attached hydrogen (secondary N) is 1. The predicted molar refractivity (Wildman–Crippen MR) is 110 cm³/mol. The molecule has 0 spiro atoms. The standard InChI is InChI=1S/C21H34N4O2/c1-5-21(6-2,15-22)20(27)25-12-10-24(11-13-25)14-19(26)23-18-9-7-8-16(3)17(18)4/h7-9H,5-6,10-15,22H2,1-4H3,(H,23,26). The topological polar surface area (TPSA) is 78.7 Å². The highest BCUT2D eigenvalue weighted by atomic mass is 16.2. The van der Waals surface area contributed by atoms with E-state index < -0.39 is 5.41 Å². The van der Waals surface area contributed by atoms with Crippen molar-refractivity contribution in [1.82, 2.24) is 9.80 Å². The van der Waals surface area contributed by atoms with Crippen molar-refractivity contribution in [2.75, 3.05) is 44.6 Å². The third-order valence-electron chi connectivity index (χ3n) is 6.10. The van der Waals surface area contributed by atoms with Crippen LogP contribution in [0.5, 0.6) is 0 Å². The molecule has 150 valence electrons. The summed E-state index contributed by atoms with van der Waals surface area (Å²) in [5.74, 6) is 0.149. The van der Waals surface area contributed by atoms with Gasteiger partial charge in [-0.15, -0.1) is 0 Å². The van der Waals surface area contributed by atoms with Crippen molar-refractivity contribution in [2.24, 2.45) is 11.1 Å². The zero-order valence-electron chi connectivity index (χ0n) is 17.2. The van der Waals surface area contributed by atoms with E-state index in [1.54, 1.807) is 0 Å². The molecule has 1 heterocycles. The smallest absolute Gasteiger partial charge is 0.238 e. The normalized spacial score (nSPS) is 15.7. The summed E-state index contributed by atoms with van der Waals surface area (Å²) in [6, 6.07) is 5.92. The van der Waals surface area contributed by atoms with Gasteiger partial charge in [-0.1, -0.05) is 26.0 Å². The van der Waals surface area contributed by atoms with E-state index in [-0.39, 0.29) is 11.8 Å². The number of nitrogens with two attached hydrogens (primary N) is 1. The lowest BCUT2D eigenvalue weighted by Gasteiger charge is -2.40. The largest absolute Gasteiger partial charge is 0.340 e. The Morgan fingerprint density at radius 2 is 1.74 bits per heavy atom. The summed E-state index contributed by atoms with van der Waals surface area (Å²) in [6.45, 7) is 11.6. The molecular weight excluding hydrogens is 340 g/mol. The average Bonchev–Trinajstić information content (AvgIpc) is 2.68. The van der Waals surface area contributed by atoms with Crippen LogP contribution in [-0.2, 0) is 9.59 Å². The first kappa shape index (κ1) is 21.4. The molecule has 1 fully saturated rings. The molecule has 0 aliphatic carbocycles. The highest BCUT2D eigenvalue weighted by molar-refractivity contribution is 5.93. The van der Waals surface area contributed by atoms with Crippen molar-refractivity contribution in [2.45, 2.75) is 40.5 Å². The van der Waals surface area contributed by atoms with Crippen molar-refractivity contribution >= 4 is 17.5 Å². The van der Waals surface area contributed by atoms with Gasteiger partial charge in [-0.25, -0.2) is 0 Å². The monoisotopic (exact) mass is 374 g/mol. The molecule has 1 saturated heterocycles. The molecule has 0 bridgehead atoms. The van der Waals surface area contributed by atoms with Gasteiger partial charge < -0.3 is 16.0 Å². The van der Waals surface area contributed by atoms with Crippen molar-refractivity contribution in [3.63, 3.8) is 0 Å². The fourth-order valence-corrected chi connectivity index (χ4v) is 3.65. The number of hydrogen-bond donors (Lipinski definition) is 2. The molecule has 2 rings (SSSR count). The van der Waals surface area contributed by atoms with Gasteiger partial charge in [0, 0.05) is 38.4 Å². The summed E-state index contributed by atoms with van der Waals surface area (Å²) >= 11 is 0. The Hall–Kier alpha value is -1.92. The van der Waals surface area contributed by atoms with Gasteiger partial charge >= 0.3 is 0 Å². The number of carbonyl (C=O) groups is 2. The highest BCUT2D eigenvalue weighted by Crippen LogP contribution is 2.28. The fourth-order valence-electron chi connectivity index (χ4n) is 3.65. The summed E-state index contributed by atoms with van der Waals surface area (Å²) in [4.78, 5) is 29.3. The molecule has 27 heavy (non-hydrogen) atoms. The third kappa shape index (κ3) is 4.87. The van der Waals surface area contributed by atoms with E-state index in [1.807, 2.05) is 50.8 Å². The van der Waals surface area contributed by atoms with Crippen LogP contribution in [0.3, 0.4) is 0 Å². The van der Waals surface area contributed by atoms with E-state index in [0.717, 1.165) is 29.7 Å². The Morgan fingerprint density at radius 3 is 2.30 bits per heavy atom. The first-order valence-corrected chi connectivity index (χ1v) is 9.94. The second-order valence-electron chi connectivity index (χ2n) is 7.56. The third-order valence-corrected chi connectivity index (χ3v) is 6.10. The van der Waals surface area contributed by atoms with Crippen LogP contribution in [-0.4, -0.2) is 60.9 Å². The summed E-state index contributed by atoms with van der Waals surface area (Å²) in [7, 11) is 0. The van der Waals surface area contributed by atoms with Crippen molar-refractivity contribution < 1.29 is 9.59 Å². The van der Waals surface area contributed by atoms with E-state index in [9.17, 15) is 9.59 Å². The van der Waals surface area contributed by atoms with Crippen LogP contribution in [0.1, 0.15) is 37.8 Å². The van der Waals surface area contributed by atoms with Crippen LogP contribution in [0.15, 0.2) is 18.2 Å². The van der Waals surface area contributed by atoms with Crippen molar-refractivity contribution in [1.29, 1.82) is 0 Å². The van der Waals surface area contributed by atoms with Gasteiger partial charge in [0.1, 0.15) is 0 Å². The number of benzene rings is 1. The zero-order chi connectivity index (χ0) is 20.0. The van der Waals surface area contributed by atoms with Gasteiger partial charge in [-0.2, -0.15) is 0 Å². The SMILES string of the molecule is CCC(CC)(CN)C(=O)N1CCN(CC(=O)Nc2cccc(C)c2C)CC1. The van der Waals surface area contributed by atoms with Crippen molar-refractivity contribution in [3.05, 3.63) is 29.3 Å². The molecule has 6 heteroatoms. The van der Waals surface area contributed by atoms with Gasteiger partial charge in [0.05, 0.1) is 12.0 Å². The van der Waals surface area contributed by atoms with Gasteiger partial charge in [-0.05, 0) is 43.9 Å². The minimum atomic E-state index is -0.442. The Morgan fingerprint density at radius 1 is 1.11 bits per heavy atom. The maximum atomic E-state index is 12.9. The maximum absolute atomic E-state index is 12.9. The highest BCUT2D eigenvalue weighted by Gasteiger charge is 2.37. The number of rotatable bonds is 7. The Labute approximate surface area is 163 Å². The lowest BCUT2D eigenvalue weighted by atomic mass is 9.81. The molecule has 1 aromatic carbocycles. The Kier molecular flexibility index (Phi) is 7.39. The van der Waals surface area contributed by atoms with Crippen LogP contribution >= 0.6 is 0 Å². The molecule has 3 N–H and O–H groups in total. The van der Waals surface area contributed by atoms with Crippen LogP contribution < -0.4 is 11.1 Å². The van der Waals surface area contributed by atoms with Crippen LogP contribution in [0.25, 0.3) is 0 Å². The summed E-state index contributed by atoms with van der Waals surface area (Å²) < 4.78 is 0. The van der Waals surface area contributed by atoms with Crippen LogP contribution in [0, 0.1) is 19.3 Å². The molecular formula is C21H34N4O2. The van der Waals surface area contributed by atoms with E-state index in [1.165, 1.54) is 0 Å². The average molecular weight is 375 g/mol. The molecule has 0 saturated carbocycles. The molecule has 6 nitrogen and oxygen atoms in total. The molecule has 0 aromatic heterocycles. The van der Waals surface area contributed by atoms with E-state index in [0.29, 0.717) is 39.3 Å². The van der Waals surface area contributed by atoms with Crippen LogP contribution in [0.2, 0.25) is 0 Å². The van der Waals surface area contributed by atoms with Crippen molar-refractivity contribution in [3.8, 4) is 0 Å². The summed E-state index contributed by atoms with van der Waals surface area (Å²) in [6.07, 6.45) is 1.52. The van der Waals surface area contributed by atoms with E-state index >= 15 is 0 Å². The minimum absolute atomic E-state index is 0.0121. The molecule has 0 unspecified atom stereocenters. The summed E-state index contributed by atoms with van der Waals surface area (Å²) in [5, 5.41) is 3.01. The van der Waals surface area contributed by atoms with Gasteiger partial charge in [0.2, 0.25) is 11.8 Å². The number of anilines is 1. The number of aryl methyl sites for hydroxylation is 1. The first-order chi connectivity index (χ1) is 12.9. The fraction of sp³-hybridized carbons (Fsp3) is 0.619.